The van der Waals surface area contributed by atoms with Crippen LogP contribution in [0.5, 0.6) is 0 Å². The highest BCUT2D eigenvalue weighted by molar-refractivity contribution is 6.31. The van der Waals surface area contributed by atoms with Crippen molar-refractivity contribution < 1.29 is 19.6 Å². The number of carboxylic acid groups (broad SMARTS) is 1. The lowest BCUT2D eigenvalue weighted by Gasteiger charge is -2.09. The van der Waals surface area contributed by atoms with Gasteiger partial charge in [-0.15, -0.1) is 0 Å². The van der Waals surface area contributed by atoms with Gasteiger partial charge in [0.1, 0.15) is 0 Å². The van der Waals surface area contributed by atoms with Gasteiger partial charge in [0.2, 0.25) is 0 Å². The van der Waals surface area contributed by atoms with Gasteiger partial charge in [-0.2, -0.15) is 0 Å². The number of ether oxygens (including phenoxy) is 1. The fourth-order valence-corrected chi connectivity index (χ4v) is 1.36. The molecule has 0 aliphatic carbocycles. The zero-order valence-corrected chi connectivity index (χ0v) is 9.68. The van der Waals surface area contributed by atoms with Crippen LogP contribution in [0, 0.1) is 10.1 Å². The van der Waals surface area contributed by atoms with E-state index in [1.165, 1.54) is 25.1 Å². The molecule has 0 amide bonds. The van der Waals surface area contributed by atoms with Crippen LogP contribution in [0.15, 0.2) is 18.2 Å². The van der Waals surface area contributed by atoms with Crippen LogP contribution in [-0.4, -0.2) is 22.1 Å². The molecule has 0 spiro atoms. The number of carbonyl (C=O) groups is 1. The Balaban J connectivity index is 2.90. The van der Waals surface area contributed by atoms with Gasteiger partial charge < -0.3 is 9.84 Å². The van der Waals surface area contributed by atoms with Crippen LogP contribution in [0.4, 0.5) is 5.69 Å². The first-order valence-corrected chi connectivity index (χ1v) is 5.07. The molecule has 0 unspecified atom stereocenters. The first-order chi connectivity index (χ1) is 7.93. The van der Waals surface area contributed by atoms with Crippen LogP contribution in [-0.2, 0) is 16.1 Å². The maximum Gasteiger partial charge on any atom is 0.332 e. The molecule has 0 fully saturated rings. The van der Waals surface area contributed by atoms with Crippen molar-refractivity contribution in [1.82, 2.24) is 0 Å². The molecule has 0 heterocycles. The van der Waals surface area contributed by atoms with Crippen LogP contribution in [0.3, 0.4) is 0 Å². The highest BCUT2D eigenvalue weighted by Crippen LogP contribution is 2.27. The first-order valence-electron chi connectivity index (χ1n) is 4.69. The zero-order chi connectivity index (χ0) is 13.0. The molecule has 0 bridgehead atoms. The molecule has 0 aliphatic rings. The topological polar surface area (TPSA) is 89.7 Å². The summed E-state index contributed by atoms with van der Waals surface area (Å²) in [6, 6.07) is 4.22. The Morgan fingerprint density at radius 2 is 2.29 bits per heavy atom. The molecule has 7 heteroatoms. The number of nitro groups is 1. The van der Waals surface area contributed by atoms with E-state index in [0.29, 0.717) is 0 Å². The fourth-order valence-electron chi connectivity index (χ4n) is 1.14. The maximum absolute atomic E-state index is 10.7. The summed E-state index contributed by atoms with van der Waals surface area (Å²) in [7, 11) is 0. The molecule has 0 aliphatic heterocycles. The third kappa shape index (κ3) is 3.40. The largest absolute Gasteiger partial charge is 0.479 e. The monoisotopic (exact) mass is 259 g/mol. The molecule has 17 heavy (non-hydrogen) atoms. The summed E-state index contributed by atoms with van der Waals surface area (Å²) in [6.45, 7) is 1.12. The number of hydrogen-bond acceptors (Lipinski definition) is 4. The van der Waals surface area contributed by atoms with Crippen molar-refractivity contribution in [3.63, 3.8) is 0 Å². The first kappa shape index (κ1) is 13.4. The smallest absolute Gasteiger partial charge is 0.332 e. The van der Waals surface area contributed by atoms with E-state index in [0.717, 1.165) is 0 Å². The minimum Gasteiger partial charge on any atom is -0.479 e. The predicted molar refractivity (Wildman–Crippen MR) is 60.0 cm³/mol. The predicted octanol–water partition coefficient (Wildman–Crippen LogP) is 2.24. The molecule has 1 aromatic rings. The molecule has 0 saturated heterocycles. The van der Waals surface area contributed by atoms with Gasteiger partial charge in [-0.05, 0) is 13.0 Å². The summed E-state index contributed by atoms with van der Waals surface area (Å²) in [5.74, 6) is -1.14. The second-order valence-corrected chi connectivity index (χ2v) is 3.69. The second-order valence-electron chi connectivity index (χ2n) is 3.29. The molecule has 1 rings (SSSR count). The van der Waals surface area contributed by atoms with Gasteiger partial charge >= 0.3 is 5.97 Å². The zero-order valence-electron chi connectivity index (χ0n) is 8.92. The number of hydrogen-bond donors (Lipinski definition) is 1. The van der Waals surface area contributed by atoms with Crippen molar-refractivity contribution >= 4 is 23.3 Å². The van der Waals surface area contributed by atoms with E-state index in [1.807, 2.05) is 0 Å². The Morgan fingerprint density at radius 1 is 1.65 bits per heavy atom. The molecule has 92 valence electrons. The molecule has 1 N–H and O–H groups in total. The molecular formula is C10H10ClNO5. The van der Waals surface area contributed by atoms with Crippen LogP contribution in [0.25, 0.3) is 0 Å². The van der Waals surface area contributed by atoms with Gasteiger partial charge in [-0.3, -0.25) is 10.1 Å². The van der Waals surface area contributed by atoms with Crippen LogP contribution < -0.4 is 0 Å². The van der Waals surface area contributed by atoms with Gasteiger partial charge in [-0.1, -0.05) is 17.7 Å². The van der Waals surface area contributed by atoms with E-state index in [9.17, 15) is 14.9 Å². The van der Waals surface area contributed by atoms with E-state index in [4.69, 9.17) is 21.4 Å². The van der Waals surface area contributed by atoms with E-state index in [1.54, 1.807) is 0 Å². The van der Waals surface area contributed by atoms with Gasteiger partial charge in [0, 0.05) is 6.07 Å². The van der Waals surface area contributed by atoms with Crippen molar-refractivity contribution in [2.24, 2.45) is 0 Å². The number of aliphatic carboxylic acids is 1. The van der Waals surface area contributed by atoms with E-state index >= 15 is 0 Å². The lowest BCUT2D eigenvalue weighted by atomic mass is 10.2. The van der Waals surface area contributed by atoms with Gasteiger partial charge in [-0.25, -0.2) is 4.79 Å². The Morgan fingerprint density at radius 3 is 2.82 bits per heavy atom. The third-order valence-corrected chi connectivity index (χ3v) is 2.47. The highest BCUT2D eigenvalue weighted by atomic mass is 35.5. The molecule has 0 saturated carbocycles. The Bertz CT molecular complexity index is 448. The van der Waals surface area contributed by atoms with Crippen molar-refractivity contribution in [2.45, 2.75) is 19.6 Å². The van der Waals surface area contributed by atoms with Crippen molar-refractivity contribution in [2.75, 3.05) is 0 Å². The van der Waals surface area contributed by atoms with Crippen LogP contribution >= 0.6 is 11.6 Å². The number of carboxylic acids is 1. The lowest BCUT2D eigenvalue weighted by Crippen LogP contribution is -2.19. The lowest BCUT2D eigenvalue weighted by molar-refractivity contribution is -0.386. The standard InChI is InChI=1S/C10H10ClNO5/c1-6(10(13)14)17-5-7-8(11)3-2-4-9(7)12(15)16/h2-4,6H,5H2,1H3,(H,13,14)/t6-/m0/s1. The Hall–Kier alpha value is -1.66. The van der Waals surface area contributed by atoms with Crippen molar-refractivity contribution in [3.8, 4) is 0 Å². The third-order valence-electron chi connectivity index (χ3n) is 2.12. The molecular weight excluding hydrogens is 250 g/mol. The molecule has 0 radical (unpaired) electrons. The normalized spacial score (nSPS) is 12.1. The quantitative estimate of drug-likeness (QED) is 0.647. The average molecular weight is 260 g/mol. The van der Waals surface area contributed by atoms with Gasteiger partial charge in [0.25, 0.3) is 5.69 Å². The van der Waals surface area contributed by atoms with Gasteiger partial charge in [0.15, 0.2) is 6.10 Å². The average Bonchev–Trinajstić information content (AvgIpc) is 2.26. The highest BCUT2D eigenvalue weighted by Gasteiger charge is 2.19. The summed E-state index contributed by atoms with van der Waals surface area (Å²) in [6.07, 6.45) is -1.05. The van der Waals surface area contributed by atoms with Crippen LogP contribution in [0.1, 0.15) is 12.5 Å². The number of halogens is 1. The number of benzene rings is 1. The number of rotatable bonds is 5. The summed E-state index contributed by atoms with van der Waals surface area (Å²) in [4.78, 5) is 20.7. The fraction of sp³-hybridized carbons (Fsp3) is 0.300. The Labute approximate surface area is 102 Å². The van der Waals surface area contributed by atoms with E-state index in [-0.39, 0.29) is 22.9 Å². The molecule has 0 aromatic heterocycles. The summed E-state index contributed by atoms with van der Waals surface area (Å²) in [5.41, 5.74) is -0.0117. The van der Waals surface area contributed by atoms with Crippen molar-refractivity contribution in [3.05, 3.63) is 38.9 Å². The minimum absolute atomic E-state index is 0.173. The number of nitrogens with zero attached hydrogens (tertiary/aromatic N) is 1. The van der Waals surface area contributed by atoms with E-state index in [2.05, 4.69) is 0 Å². The summed E-state index contributed by atoms with van der Waals surface area (Å²) in [5, 5.41) is 19.5. The summed E-state index contributed by atoms with van der Waals surface area (Å²) < 4.78 is 4.97. The minimum atomic E-state index is -1.14. The second kappa shape index (κ2) is 5.60. The molecule has 6 nitrogen and oxygen atoms in total. The number of nitro benzene ring substituents is 1. The van der Waals surface area contributed by atoms with Crippen LogP contribution in [0.2, 0.25) is 5.02 Å². The van der Waals surface area contributed by atoms with Gasteiger partial charge in [0.05, 0.1) is 22.1 Å². The molecule has 1 atom stereocenters. The van der Waals surface area contributed by atoms with E-state index < -0.39 is 17.0 Å². The Kier molecular flexibility index (Phi) is 4.42. The SMILES string of the molecule is C[C@H](OCc1c(Cl)cccc1[N+](=O)[O-])C(=O)O. The van der Waals surface area contributed by atoms with Crippen molar-refractivity contribution in [1.29, 1.82) is 0 Å². The molecule has 1 aromatic carbocycles. The maximum atomic E-state index is 10.7. The summed E-state index contributed by atoms with van der Waals surface area (Å²) >= 11 is 5.80.